The zero-order valence-corrected chi connectivity index (χ0v) is 10.5. The van der Waals surface area contributed by atoms with Crippen molar-refractivity contribution >= 4 is 5.95 Å². The van der Waals surface area contributed by atoms with Crippen molar-refractivity contribution in [3.8, 4) is 0 Å². The van der Waals surface area contributed by atoms with Crippen LogP contribution in [0.1, 0.15) is 38.5 Å². The van der Waals surface area contributed by atoms with Crippen molar-refractivity contribution in [2.75, 3.05) is 11.9 Å². The lowest BCUT2D eigenvalue weighted by molar-refractivity contribution is 0.238. The number of aliphatic hydroxyl groups is 1. The molecule has 0 amide bonds. The molecule has 0 aliphatic heterocycles. The molecule has 1 heterocycles. The Hall–Kier alpha value is -1.23. The van der Waals surface area contributed by atoms with E-state index in [1.165, 1.54) is 32.1 Å². The number of hydrogen-bond acceptors (Lipinski definition) is 4. The van der Waals surface area contributed by atoms with Crippen LogP contribution in [0.15, 0.2) is 12.4 Å². The minimum absolute atomic E-state index is 0.148. The summed E-state index contributed by atoms with van der Waals surface area (Å²) in [5.74, 6) is 0.567. The van der Waals surface area contributed by atoms with Crippen molar-refractivity contribution in [2.45, 2.75) is 44.6 Å². The Morgan fingerprint density at radius 1 is 1.28 bits per heavy atom. The van der Waals surface area contributed by atoms with E-state index in [2.05, 4.69) is 15.3 Å². The van der Waals surface area contributed by atoms with Gasteiger partial charge in [0.15, 0.2) is 5.82 Å². The fraction of sp³-hybridized carbons (Fsp3) is 0.692. The molecule has 1 saturated carbocycles. The monoisotopic (exact) mass is 253 g/mol. The highest BCUT2D eigenvalue weighted by Crippen LogP contribution is 2.28. The first-order valence-corrected chi connectivity index (χ1v) is 6.64. The summed E-state index contributed by atoms with van der Waals surface area (Å²) in [6.45, 7) is 0.148. The van der Waals surface area contributed by atoms with E-state index in [4.69, 9.17) is 5.11 Å². The van der Waals surface area contributed by atoms with Gasteiger partial charge in [0, 0.05) is 12.6 Å². The molecule has 1 aromatic heterocycles. The summed E-state index contributed by atoms with van der Waals surface area (Å²) in [5.41, 5.74) is 0. The fourth-order valence-electron chi connectivity index (χ4n) is 2.65. The van der Waals surface area contributed by atoms with Crippen LogP contribution in [0, 0.1) is 11.7 Å². The lowest BCUT2D eigenvalue weighted by Crippen LogP contribution is -2.32. The minimum Gasteiger partial charge on any atom is -0.396 e. The second-order valence-corrected chi connectivity index (χ2v) is 4.89. The quantitative estimate of drug-likeness (QED) is 0.845. The lowest BCUT2D eigenvalue weighted by Gasteiger charge is -2.30. The van der Waals surface area contributed by atoms with E-state index in [-0.39, 0.29) is 12.6 Å². The number of halogens is 1. The number of aliphatic hydroxyl groups excluding tert-OH is 1. The van der Waals surface area contributed by atoms with Crippen molar-refractivity contribution in [1.82, 2.24) is 9.97 Å². The average Bonchev–Trinajstić information content (AvgIpc) is 2.42. The molecule has 1 fully saturated rings. The van der Waals surface area contributed by atoms with Crippen LogP contribution in [0.2, 0.25) is 0 Å². The number of hydrogen-bond donors (Lipinski definition) is 2. The van der Waals surface area contributed by atoms with Crippen LogP contribution in [0.4, 0.5) is 10.3 Å². The molecule has 0 spiro atoms. The Morgan fingerprint density at radius 3 is 2.56 bits per heavy atom. The molecule has 0 bridgehead atoms. The molecule has 1 aliphatic carbocycles. The summed E-state index contributed by atoms with van der Waals surface area (Å²) in [6, 6.07) is 0.181. The van der Waals surface area contributed by atoms with Crippen LogP contribution in [-0.2, 0) is 0 Å². The van der Waals surface area contributed by atoms with Gasteiger partial charge in [-0.1, -0.05) is 19.3 Å². The van der Waals surface area contributed by atoms with E-state index < -0.39 is 5.82 Å². The van der Waals surface area contributed by atoms with E-state index in [1.54, 1.807) is 0 Å². The van der Waals surface area contributed by atoms with E-state index in [1.807, 2.05) is 0 Å². The largest absolute Gasteiger partial charge is 0.396 e. The Bertz CT molecular complexity index is 352. The van der Waals surface area contributed by atoms with Crippen LogP contribution in [-0.4, -0.2) is 27.7 Å². The molecule has 100 valence electrons. The molecule has 18 heavy (non-hydrogen) atoms. The van der Waals surface area contributed by atoms with Gasteiger partial charge in [-0.15, -0.1) is 0 Å². The van der Waals surface area contributed by atoms with Crippen molar-refractivity contribution in [3.05, 3.63) is 18.2 Å². The van der Waals surface area contributed by atoms with Gasteiger partial charge in [0.05, 0.1) is 12.4 Å². The molecule has 2 N–H and O–H groups in total. The van der Waals surface area contributed by atoms with Gasteiger partial charge in [-0.05, 0) is 25.2 Å². The van der Waals surface area contributed by atoms with Gasteiger partial charge < -0.3 is 10.4 Å². The number of anilines is 1. The molecular weight excluding hydrogens is 233 g/mol. The topological polar surface area (TPSA) is 58.0 Å². The Balaban J connectivity index is 1.98. The highest BCUT2D eigenvalue weighted by Gasteiger charge is 2.23. The van der Waals surface area contributed by atoms with Crippen molar-refractivity contribution in [1.29, 1.82) is 0 Å². The summed E-state index contributed by atoms with van der Waals surface area (Å²) in [4.78, 5) is 7.83. The Kier molecular flexibility index (Phi) is 4.87. The summed E-state index contributed by atoms with van der Waals surface area (Å²) < 4.78 is 12.7. The number of rotatable bonds is 5. The molecule has 1 atom stereocenters. The van der Waals surface area contributed by atoms with Crippen molar-refractivity contribution < 1.29 is 9.50 Å². The first-order valence-electron chi connectivity index (χ1n) is 6.64. The Morgan fingerprint density at radius 2 is 1.94 bits per heavy atom. The standard InChI is InChI=1S/C13H20FN3O/c14-11-8-15-13(16-9-11)17-12(6-7-18)10-4-2-1-3-5-10/h8-10,12,18H,1-7H2,(H,15,16,17). The average molecular weight is 253 g/mol. The van der Waals surface area contributed by atoms with Gasteiger partial charge in [-0.3, -0.25) is 0 Å². The maximum atomic E-state index is 12.7. The zero-order valence-electron chi connectivity index (χ0n) is 10.5. The smallest absolute Gasteiger partial charge is 0.223 e. The van der Waals surface area contributed by atoms with Crippen molar-refractivity contribution in [3.63, 3.8) is 0 Å². The van der Waals surface area contributed by atoms with Gasteiger partial charge in [-0.25, -0.2) is 14.4 Å². The van der Waals surface area contributed by atoms with E-state index in [9.17, 15) is 4.39 Å². The Labute approximate surface area is 107 Å². The zero-order chi connectivity index (χ0) is 12.8. The van der Waals surface area contributed by atoms with Crippen molar-refractivity contribution in [2.24, 2.45) is 5.92 Å². The summed E-state index contributed by atoms with van der Waals surface area (Å²) in [5, 5.41) is 12.4. The first-order chi connectivity index (χ1) is 8.79. The van der Waals surface area contributed by atoms with Crippen LogP contribution in [0.5, 0.6) is 0 Å². The highest BCUT2D eigenvalue weighted by molar-refractivity contribution is 5.25. The third-order valence-corrected chi connectivity index (χ3v) is 3.59. The second-order valence-electron chi connectivity index (χ2n) is 4.89. The van der Waals surface area contributed by atoms with Gasteiger partial charge in [0.2, 0.25) is 5.95 Å². The molecule has 0 saturated heterocycles. The molecule has 1 unspecified atom stereocenters. The SMILES string of the molecule is OCCC(Nc1ncc(F)cn1)C1CCCCC1. The molecule has 4 nitrogen and oxygen atoms in total. The molecule has 2 rings (SSSR count). The summed E-state index contributed by atoms with van der Waals surface area (Å²) in [6.07, 6.45) is 9.16. The van der Waals surface area contributed by atoms with Gasteiger partial charge >= 0.3 is 0 Å². The molecule has 0 radical (unpaired) electrons. The van der Waals surface area contributed by atoms with Gasteiger partial charge in [0.25, 0.3) is 0 Å². The van der Waals surface area contributed by atoms with Gasteiger partial charge in [-0.2, -0.15) is 0 Å². The van der Waals surface area contributed by atoms with E-state index in [0.29, 0.717) is 18.3 Å². The normalized spacial score (nSPS) is 18.6. The second kappa shape index (κ2) is 6.64. The highest BCUT2D eigenvalue weighted by atomic mass is 19.1. The van der Waals surface area contributed by atoms with Crippen LogP contribution >= 0.6 is 0 Å². The van der Waals surface area contributed by atoms with Crippen LogP contribution < -0.4 is 5.32 Å². The molecular formula is C13H20FN3O. The molecule has 0 aromatic carbocycles. The molecule has 5 heteroatoms. The molecule has 1 aromatic rings. The fourth-order valence-corrected chi connectivity index (χ4v) is 2.65. The summed E-state index contributed by atoms with van der Waals surface area (Å²) >= 11 is 0. The van der Waals surface area contributed by atoms with E-state index in [0.717, 1.165) is 12.4 Å². The van der Waals surface area contributed by atoms with Crippen LogP contribution in [0.3, 0.4) is 0 Å². The first kappa shape index (κ1) is 13.2. The third-order valence-electron chi connectivity index (χ3n) is 3.59. The third kappa shape index (κ3) is 3.63. The van der Waals surface area contributed by atoms with E-state index >= 15 is 0 Å². The number of nitrogens with zero attached hydrogens (tertiary/aromatic N) is 2. The maximum absolute atomic E-state index is 12.7. The lowest BCUT2D eigenvalue weighted by atomic mass is 9.83. The van der Waals surface area contributed by atoms with Gasteiger partial charge in [0.1, 0.15) is 0 Å². The number of aromatic nitrogens is 2. The minimum atomic E-state index is -0.433. The van der Waals surface area contributed by atoms with Crippen LogP contribution in [0.25, 0.3) is 0 Å². The molecule has 1 aliphatic rings. The summed E-state index contributed by atoms with van der Waals surface area (Å²) in [7, 11) is 0. The predicted molar refractivity (Wildman–Crippen MR) is 67.7 cm³/mol. The predicted octanol–water partition coefficient (Wildman–Crippen LogP) is 2.36. The number of nitrogens with one attached hydrogen (secondary N) is 1. The maximum Gasteiger partial charge on any atom is 0.223 e.